The molecule has 1 atom stereocenters. The third-order valence-electron chi connectivity index (χ3n) is 5.35. The van der Waals surface area contributed by atoms with Gasteiger partial charge in [-0.15, -0.1) is 11.8 Å². The van der Waals surface area contributed by atoms with E-state index in [4.69, 9.17) is 11.5 Å². The Morgan fingerprint density at radius 1 is 0.590 bits per heavy atom. The van der Waals surface area contributed by atoms with Crippen molar-refractivity contribution < 1.29 is 13.8 Å². The Morgan fingerprint density at radius 3 is 1.23 bits per heavy atom. The molecular weight excluding hydrogens is 524 g/mol. The number of benzene rings is 4. The highest BCUT2D eigenvalue weighted by Crippen LogP contribution is 2.35. The SMILES string of the molecule is C.C.NC(=O)CSC(c1ccccc1)c1ccccc1.NC(=O)C[S@@](=O)C(c1ccccc1)c1ccccc1. The van der Waals surface area contributed by atoms with Crippen LogP contribution in [0.4, 0.5) is 0 Å². The van der Waals surface area contributed by atoms with Crippen LogP contribution in [0, 0.1) is 0 Å². The summed E-state index contributed by atoms with van der Waals surface area (Å²) >= 11 is 1.56. The van der Waals surface area contributed by atoms with E-state index >= 15 is 0 Å². The van der Waals surface area contributed by atoms with Crippen LogP contribution in [0.25, 0.3) is 0 Å². The van der Waals surface area contributed by atoms with Crippen molar-refractivity contribution in [1.29, 1.82) is 0 Å². The number of hydrogen-bond donors (Lipinski definition) is 2. The molecule has 0 heterocycles. The highest BCUT2D eigenvalue weighted by molar-refractivity contribution is 8.00. The molecule has 5 nitrogen and oxygen atoms in total. The van der Waals surface area contributed by atoms with Gasteiger partial charge in [0.05, 0.1) is 16.3 Å². The molecule has 4 rings (SSSR count). The summed E-state index contributed by atoms with van der Waals surface area (Å²) in [5.74, 6) is -0.629. The van der Waals surface area contributed by atoms with Crippen molar-refractivity contribution in [3.63, 3.8) is 0 Å². The predicted molar refractivity (Wildman–Crippen MR) is 167 cm³/mol. The normalized spacial score (nSPS) is 10.8. The highest BCUT2D eigenvalue weighted by Gasteiger charge is 2.22. The van der Waals surface area contributed by atoms with E-state index in [1.807, 2.05) is 97.1 Å². The van der Waals surface area contributed by atoms with Gasteiger partial charge in [0.15, 0.2) is 0 Å². The van der Waals surface area contributed by atoms with Crippen LogP contribution in [-0.2, 0) is 20.4 Å². The minimum absolute atomic E-state index is 0. The van der Waals surface area contributed by atoms with Crippen molar-refractivity contribution in [1.82, 2.24) is 0 Å². The number of carbonyl (C=O) groups excluding carboxylic acids is 2. The molecule has 39 heavy (non-hydrogen) atoms. The van der Waals surface area contributed by atoms with Crippen LogP contribution in [0.5, 0.6) is 0 Å². The summed E-state index contributed by atoms with van der Waals surface area (Å²) < 4.78 is 12.4. The maximum absolute atomic E-state index is 12.4. The number of rotatable bonds is 10. The van der Waals surface area contributed by atoms with Gasteiger partial charge >= 0.3 is 0 Å². The standard InChI is InChI=1S/C15H15NO2S.C15H15NOS.2CH4/c16-14(17)11-19(18)15(12-7-3-1-4-8-12)13-9-5-2-6-10-13;16-14(17)11-18-15(12-7-3-1-4-8-12)13-9-5-2-6-10-13;;/h1-10,15H,11H2,(H2,16,17);1-10,15H,11H2,(H2,16,17);2*1H4/t19-;;;/m1.../s1. The van der Waals surface area contributed by atoms with Crippen LogP contribution in [0.2, 0.25) is 0 Å². The minimum Gasteiger partial charge on any atom is -0.369 e. The van der Waals surface area contributed by atoms with E-state index in [0.29, 0.717) is 5.75 Å². The molecule has 0 saturated carbocycles. The van der Waals surface area contributed by atoms with E-state index in [2.05, 4.69) is 24.3 Å². The minimum atomic E-state index is -1.36. The Kier molecular flexibility index (Phi) is 15.2. The maximum Gasteiger partial charge on any atom is 0.230 e. The largest absolute Gasteiger partial charge is 0.369 e. The lowest BCUT2D eigenvalue weighted by molar-refractivity contribution is -0.116. The van der Waals surface area contributed by atoms with E-state index in [-0.39, 0.29) is 37.0 Å². The van der Waals surface area contributed by atoms with Crippen molar-refractivity contribution >= 4 is 34.4 Å². The molecule has 0 unspecified atom stereocenters. The molecule has 4 aromatic rings. The van der Waals surface area contributed by atoms with Gasteiger partial charge in [-0.3, -0.25) is 13.8 Å². The molecule has 0 aliphatic carbocycles. The Hall–Kier alpha value is -3.68. The lowest BCUT2D eigenvalue weighted by atomic mass is 10.0. The molecule has 0 fully saturated rings. The van der Waals surface area contributed by atoms with Gasteiger partial charge < -0.3 is 11.5 Å². The van der Waals surface area contributed by atoms with Gasteiger partial charge in [0.2, 0.25) is 11.8 Å². The number of thioether (sulfide) groups is 1. The quantitative estimate of drug-likeness (QED) is 0.237. The molecular formula is C32H38N2O3S2. The fourth-order valence-corrected chi connectivity index (χ4v) is 6.18. The van der Waals surface area contributed by atoms with Crippen molar-refractivity contribution in [3.05, 3.63) is 144 Å². The summed E-state index contributed by atoms with van der Waals surface area (Å²) in [5.41, 5.74) is 14.6. The van der Waals surface area contributed by atoms with Crippen molar-refractivity contribution in [3.8, 4) is 0 Å². The van der Waals surface area contributed by atoms with Crippen LogP contribution in [0.1, 0.15) is 47.6 Å². The summed E-state index contributed by atoms with van der Waals surface area (Å²) in [5, 5.41) is -0.171. The first kappa shape index (κ1) is 33.3. The fourth-order valence-electron chi connectivity index (χ4n) is 3.78. The van der Waals surface area contributed by atoms with Gasteiger partial charge in [-0.05, 0) is 22.3 Å². The van der Waals surface area contributed by atoms with E-state index in [1.54, 1.807) is 11.8 Å². The lowest BCUT2D eigenvalue weighted by Crippen LogP contribution is -2.23. The summed E-state index contributed by atoms with van der Waals surface area (Å²) in [6, 6.07) is 39.4. The first-order valence-corrected chi connectivity index (χ1v) is 14.1. The number of amides is 2. The zero-order chi connectivity index (χ0) is 26.5. The molecule has 7 heteroatoms. The second-order valence-electron chi connectivity index (χ2n) is 8.17. The van der Waals surface area contributed by atoms with Crippen LogP contribution in [-0.4, -0.2) is 27.5 Å². The molecule has 0 radical (unpaired) electrons. The number of nitrogens with two attached hydrogens (primary N) is 2. The maximum atomic E-state index is 12.4. The van der Waals surface area contributed by atoms with Gasteiger partial charge in [-0.25, -0.2) is 0 Å². The summed E-state index contributed by atoms with van der Waals surface area (Å²) in [7, 11) is -1.36. The molecule has 0 aliphatic heterocycles. The van der Waals surface area contributed by atoms with Gasteiger partial charge in [-0.1, -0.05) is 136 Å². The molecule has 0 spiro atoms. The third kappa shape index (κ3) is 10.9. The Bertz CT molecular complexity index is 1190. The van der Waals surface area contributed by atoms with E-state index in [1.165, 1.54) is 11.1 Å². The Balaban J connectivity index is 0.000000371. The van der Waals surface area contributed by atoms with Crippen LogP contribution in [0.3, 0.4) is 0 Å². The van der Waals surface area contributed by atoms with E-state index in [0.717, 1.165) is 11.1 Å². The monoisotopic (exact) mass is 562 g/mol. The molecule has 4 aromatic carbocycles. The van der Waals surface area contributed by atoms with Gasteiger partial charge in [0.25, 0.3) is 0 Å². The summed E-state index contributed by atoms with van der Waals surface area (Å²) in [4.78, 5) is 22.0. The predicted octanol–water partition coefficient (Wildman–Crippen LogP) is 6.28. The average Bonchev–Trinajstić information content (AvgIpc) is 2.91. The highest BCUT2D eigenvalue weighted by atomic mass is 32.2. The van der Waals surface area contributed by atoms with Gasteiger partial charge in [0, 0.05) is 10.8 Å². The average molecular weight is 563 g/mol. The number of carbonyl (C=O) groups is 2. The molecule has 0 bridgehead atoms. The number of primary amides is 2. The number of hydrogen-bond acceptors (Lipinski definition) is 4. The van der Waals surface area contributed by atoms with Crippen molar-refractivity contribution in [2.75, 3.05) is 11.5 Å². The van der Waals surface area contributed by atoms with Crippen LogP contribution in [0.15, 0.2) is 121 Å². The Morgan fingerprint density at radius 2 is 0.923 bits per heavy atom. The third-order valence-corrected chi connectivity index (χ3v) is 8.32. The van der Waals surface area contributed by atoms with Crippen LogP contribution < -0.4 is 11.5 Å². The molecule has 206 valence electrons. The molecule has 2 amide bonds. The second-order valence-corrected chi connectivity index (χ2v) is 10.8. The molecule has 0 saturated heterocycles. The summed E-state index contributed by atoms with van der Waals surface area (Å²) in [6.45, 7) is 0. The molecule has 4 N–H and O–H groups in total. The Labute approximate surface area is 239 Å². The van der Waals surface area contributed by atoms with Gasteiger partial charge in [0.1, 0.15) is 5.75 Å². The molecule has 0 aromatic heterocycles. The first-order valence-electron chi connectivity index (χ1n) is 11.7. The zero-order valence-electron chi connectivity index (χ0n) is 20.3. The van der Waals surface area contributed by atoms with Crippen molar-refractivity contribution in [2.45, 2.75) is 25.4 Å². The molecule has 0 aliphatic rings. The lowest BCUT2D eigenvalue weighted by Gasteiger charge is -2.16. The van der Waals surface area contributed by atoms with Crippen LogP contribution >= 0.6 is 11.8 Å². The second kappa shape index (κ2) is 17.8. The van der Waals surface area contributed by atoms with Crippen molar-refractivity contribution in [2.24, 2.45) is 11.5 Å². The topological polar surface area (TPSA) is 103 Å². The van der Waals surface area contributed by atoms with Gasteiger partial charge in [-0.2, -0.15) is 0 Å². The smallest absolute Gasteiger partial charge is 0.230 e. The first-order chi connectivity index (χ1) is 18.0. The van der Waals surface area contributed by atoms with E-state index in [9.17, 15) is 13.8 Å². The van der Waals surface area contributed by atoms with E-state index < -0.39 is 16.7 Å². The fraction of sp³-hybridized carbons (Fsp3) is 0.188. The zero-order valence-corrected chi connectivity index (χ0v) is 21.9. The summed E-state index contributed by atoms with van der Waals surface area (Å²) in [6.07, 6.45) is 0.